The number of allylic oxidation sites excluding steroid dienone is 4. The fourth-order valence-electron chi connectivity index (χ4n) is 4.60. The number of methoxy groups -OCH3 is 1. The molecular weight excluding hydrogens is 496 g/mol. The molecule has 0 N–H and O–H groups in total. The average Bonchev–Trinajstić information content (AvgIpc) is 3.05. The second-order valence-electron chi connectivity index (χ2n) is 9.03. The van der Waals surface area contributed by atoms with Gasteiger partial charge >= 0.3 is 0 Å². The van der Waals surface area contributed by atoms with Crippen molar-refractivity contribution in [2.24, 2.45) is 0 Å². The van der Waals surface area contributed by atoms with Gasteiger partial charge in [-0.25, -0.2) is 0 Å². The Bertz CT molecular complexity index is 1580. The van der Waals surface area contributed by atoms with Crippen molar-refractivity contribution in [2.45, 2.75) is 26.7 Å². The van der Waals surface area contributed by atoms with E-state index in [2.05, 4.69) is 18.2 Å². The van der Waals surface area contributed by atoms with Crippen LogP contribution in [0.2, 0.25) is 0 Å². The zero-order valence-electron chi connectivity index (χ0n) is 23.0. The molecular formula is C36H32O4. The maximum absolute atomic E-state index is 12.3. The summed E-state index contributed by atoms with van der Waals surface area (Å²) in [5.41, 5.74) is 5.68. The first-order chi connectivity index (χ1) is 19.6. The maximum atomic E-state index is 12.3. The van der Waals surface area contributed by atoms with E-state index in [1.165, 1.54) is 18.2 Å². The number of ether oxygens (including phenoxy) is 1. The molecule has 6 rings (SSSR count). The Kier molecular flexibility index (Phi) is 9.37. The van der Waals surface area contributed by atoms with Gasteiger partial charge in [0.2, 0.25) is 0 Å². The van der Waals surface area contributed by atoms with Gasteiger partial charge < -0.3 is 4.74 Å². The Morgan fingerprint density at radius 3 is 1.82 bits per heavy atom. The van der Waals surface area contributed by atoms with E-state index >= 15 is 0 Å². The molecule has 0 saturated heterocycles. The summed E-state index contributed by atoms with van der Waals surface area (Å²) in [7, 11) is 1.53. The molecule has 0 spiro atoms. The van der Waals surface area contributed by atoms with Gasteiger partial charge in [-0.2, -0.15) is 0 Å². The van der Waals surface area contributed by atoms with Crippen molar-refractivity contribution >= 4 is 22.9 Å². The summed E-state index contributed by atoms with van der Waals surface area (Å²) < 4.78 is 5.09. The minimum atomic E-state index is -0.126. The molecule has 4 heteroatoms. The maximum Gasteiger partial charge on any atom is 0.194 e. The highest BCUT2D eigenvalue weighted by Gasteiger charge is 2.29. The topological polar surface area (TPSA) is 60.4 Å². The van der Waals surface area contributed by atoms with Crippen LogP contribution in [0.1, 0.15) is 80.0 Å². The minimum absolute atomic E-state index is 0.0744. The molecule has 0 heterocycles. The van der Waals surface area contributed by atoms with Gasteiger partial charge in [0.15, 0.2) is 17.3 Å². The van der Waals surface area contributed by atoms with E-state index in [1.807, 2.05) is 68.4 Å². The molecule has 2 aliphatic carbocycles. The molecule has 0 aliphatic heterocycles. The Hall–Kier alpha value is -4.83. The van der Waals surface area contributed by atoms with Crippen LogP contribution in [0, 0.1) is 0 Å². The number of hydrogen-bond acceptors (Lipinski definition) is 4. The SMILES string of the molecule is CC.COc1ccc2c(c1)C(=O)c1ccccc1C2=O.O=C(c1ccccc1)c1ccc(C2=CCCC=C2)cc1. The lowest BCUT2D eigenvalue weighted by atomic mass is 9.84. The number of carbonyl (C=O) groups excluding carboxylic acids is 3. The monoisotopic (exact) mass is 528 g/mol. The van der Waals surface area contributed by atoms with Gasteiger partial charge in [-0.3, -0.25) is 14.4 Å². The van der Waals surface area contributed by atoms with Crippen LogP contribution >= 0.6 is 0 Å². The summed E-state index contributed by atoms with van der Waals surface area (Å²) in [6.45, 7) is 4.00. The van der Waals surface area contributed by atoms with Crippen molar-refractivity contribution in [3.05, 3.63) is 154 Å². The minimum Gasteiger partial charge on any atom is -0.497 e. The van der Waals surface area contributed by atoms with Crippen LogP contribution < -0.4 is 4.74 Å². The summed E-state index contributed by atoms with van der Waals surface area (Å²) >= 11 is 0. The molecule has 0 fully saturated rings. The third-order valence-electron chi connectivity index (χ3n) is 6.64. The molecule has 0 aromatic heterocycles. The van der Waals surface area contributed by atoms with Gasteiger partial charge in [-0.05, 0) is 42.2 Å². The van der Waals surface area contributed by atoms with E-state index in [9.17, 15) is 14.4 Å². The van der Waals surface area contributed by atoms with Crippen LogP contribution in [0.3, 0.4) is 0 Å². The molecule has 0 unspecified atom stereocenters. The molecule has 4 nitrogen and oxygen atoms in total. The molecule has 4 aromatic carbocycles. The Labute approximate surface area is 235 Å². The van der Waals surface area contributed by atoms with Gasteiger partial charge in [-0.1, -0.05) is 111 Å². The van der Waals surface area contributed by atoms with E-state index in [-0.39, 0.29) is 17.3 Å². The van der Waals surface area contributed by atoms with Gasteiger partial charge in [0.1, 0.15) is 5.75 Å². The Morgan fingerprint density at radius 2 is 1.23 bits per heavy atom. The quantitative estimate of drug-likeness (QED) is 0.221. The summed E-state index contributed by atoms with van der Waals surface area (Å²) in [5, 5.41) is 0. The Morgan fingerprint density at radius 1 is 0.650 bits per heavy atom. The van der Waals surface area contributed by atoms with E-state index in [1.54, 1.807) is 42.5 Å². The second kappa shape index (κ2) is 13.3. The number of fused-ring (bicyclic) bond motifs is 2. The lowest BCUT2D eigenvalue weighted by Gasteiger charge is -2.17. The molecule has 0 atom stereocenters. The first-order valence-corrected chi connectivity index (χ1v) is 13.5. The van der Waals surface area contributed by atoms with Crippen molar-refractivity contribution in [1.82, 2.24) is 0 Å². The number of rotatable bonds is 4. The van der Waals surface area contributed by atoms with Gasteiger partial charge in [0.25, 0.3) is 0 Å². The third-order valence-corrected chi connectivity index (χ3v) is 6.64. The number of benzene rings is 4. The predicted molar refractivity (Wildman–Crippen MR) is 160 cm³/mol. The molecule has 0 radical (unpaired) electrons. The van der Waals surface area contributed by atoms with Crippen molar-refractivity contribution in [3.63, 3.8) is 0 Å². The van der Waals surface area contributed by atoms with Crippen molar-refractivity contribution in [2.75, 3.05) is 7.11 Å². The average molecular weight is 529 g/mol. The molecule has 200 valence electrons. The molecule has 0 bridgehead atoms. The van der Waals surface area contributed by atoms with E-state index in [0.717, 1.165) is 24.0 Å². The summed E-state index contributed by atoms with van der Waals surface area (Å²) in [6.07, 6.45) is 8.80. The summed E-state index contributed by atoms with van der Waals surface area (Å²) in [6, 6.07) is 29.1. The van der Waals surface area contributed by atoms with Crippen molar-refractivity contribution in [3.8, 4) is 5.75 Å². The number of carbonyl (C=O) groups is 3. The Balaban J connectivity index is 0.000000175. The second-order valence-corrected chi connectivity index (χ2v) is 9.03. The van der Waals surface area contributed by atoms with Crippen LogP contribution in [0.15, 0.2) is 115 Å². The largest absolute Gasteiger partial charge is 0.497 e. The van der Waals surface area contributed by atoms with E-state index in [4.69, 9.17) is 4.74 Å². The molecule has 0 amide bonds. The molecule has 2 aliphatic rings. The van der Waals surface area contributed by atoms with Crippen molar-refractivity contribution < 1.29 is 19.1 Å². The fraction of sp³-hybridized carbons (Fsp3) is 0.139. The third kappa shape index (κ3) is 6.08. The van der Waals surface area contributed by atoms with Crippen LogP contribution in [0.4, 0.5) is 0 Å². The van der Waals surface area contributed by atoms with E-state index in [0.29, 0.717) is 28.0 Å². The lowest BCUT2D eigenvalue weighted by Crippen LogP contribution is -2.20. The summed E-state index contributed by atoms with van der Waals surface area (Å²) in [4.78, 5) is 36.9. The molecule has 0 saturated carbocycles. The normalized spacial score (nSPS) is 12.9. The van der Waals surface area contributed by atoms with Crippen LogP contribution in [-0.2, 0) is 0 Å². The van der Waals surface area contributed by atoms with Crippen LogP contribution in [-0.4, -0.2) is 24.5 Å². The summed E-state index contributed by atoms with van der Waals surface area (Å²) in [5.74, 6) is 0.418. The number of hydrogen-bond donors (Lipinski definition) is 0. The fourth-order valence-corrected chi connectivity index (χ4v) is 4.60. The zero-order chi connectivity index (χ0) is 28.5. The molecule has 40 heavy (non-hydrogen) atoms. The lowest BCUT2D eigenvalue weighted by molar-refractivity contribution is 0.0979. The smallest absolute Gasteiger partial charge is 0.194 e. The van der Waals surface area contributed by atoms with Crippen LogP contribution in [0.25, 0.3) is 5.57 Å². The first kappa shape index (κ1) is 28.2. The van der Waals surface area contributed by atoms with Gasteiger partial charge in [0, 0.05) is 33.4 Å². The standard InChI is InChI=1S/C19H16O.C15H10O3.C2H6/c20-19(17-9-5-2-6-10-17)18-13-11-16(12-14-18)15-7-3-1-4-8-15;1-18-9-6-7-12-13(8-9)15(17)11-5-3-2-4-10(11)14(12)16;1-2/h2-3,5-14H,1,4H2;2-8H,1H3;1-2H3. The predicted octanol–water partition coefficient (Wildman–Crippen LogP) is 8.15. The highest BCUT2D eigenvalue weighted by molar-refractivity contribution is 6.28. The zero-order valence-corrected chi connectivity index (χ0v) is 23.0. The number of ketones is 3. The highest BCUT2D eigenvalue weighted by atomic mass is 16.5. The highest BCUT2D eigenvalue weighted by Crippen LogP contribution is 2.29. The van der Waals surface area contributed by atoms with E-state index < -0.39 is 0 Å². The van der Waals surface area contributed by atoms with Gasteiger partial charge in [0.05, 0.1) is 7.11 Å². The van der Waals surface area contributed by atoms with Crippen molar-refractivity contribution in [1.29, 1.82) is 0 Å². The molecule has 4 aromatic rings. The first-order valence-electron chi connectivity index (χ1n) is 13.5. The van der Waals surface area contributed by atoms with Crippen LogP contribution in [0.5, 0.6) is 5.75 Å². The van der Waals surface area contributed by atoms with Gasteiger partial charge in [-0.15, -0.1) is 0 Å².